The zero-order valence-corrected chi connectivity index (χ0v) is 15.7. The second kappa shape index (κ2) is 7.78. The van der Waals surface area contributed by atoms with Crippen molar-refractivity contribution in [3.05, 3.63) is 80.8 Å². The fourth-order valence-electron chi connectivity index (χ4n) is 3.14. The topological polar surface area (TPSA) is 73.6 Å². The van der Waals surface area contributed by atoms with E-state index in [2.05, 4.69) is 0 Å². The van der Waals surface area contributed by atoms with Gasteiger partial charge in [-0.05, 0) is 28.3 Å². The van der Waals surface area contributed by atoms with E-state index in [4.69, 9.17) is 9.15 Å². The molecule has 0 saturated heterocycles. The number of carbonyl (C=O) groups excluding carboxylic acids is 2. The maximum Gasteiger partial charge on any atom is 0.336 e. The second-order valence-corrected chi connectivity index (χ2v) is 7.26. The molecule has 0 atom stereocenters. The summed E-state index contributed by atoms with van der Waals surface area (Å²) in [5.41, 5.74) is 0.535. The Hall–Kier alpha value is -3.25. The molecular formula is C22H16O5S. The van der Waals surface area contributed by atoms with E-state index < -0.39 is 11.6 Å². The molecule has 0 bridgehead atoms. The molecular weight excluding hydrogens is 376 g/mol. The van der Waals surface area contributed by atoms with E-state index in [1.165, 1.54) is 17.4 Å². The Labute approximate surface area is 164 Å². The van der Waals surface area contributed by atoms with E-state index in [1.54, 1.807) is 18.2 Å². The normalized spacial score (nSPS) is 11.0. The van der Waals surface area contributed by atoms with Crippen LogP contribution in [0.2, 0.25) is 0 Å². The van der Waals surface area contributed by atoms with Crippen LogP contribution in [0.3, 0.4) is 0 Å². The average Bonchev–Trinajstić information content (AvgIpc) is 3.24. The van der Waals surface area contributed by atoms with Crippen LogP contribution >= 0.6 is 11.3 Å². The van der Waals surface area contributed by atoms with Crippen LogP contribution < -0.4 is 5.63 Å². The van der Waals surface area contributed by atoms with Crippen molar-refractivity contribution in [3.8, 4) is 0 Å². The lowest BCUT2D eigenvalue weighted by Gasteiger charge is -2.09. The zero-order chi connectivity index (χ0) is 19.5. The summed E-state index contributed by atoms with van der Waals surface area (Å²) in [5, 5.41) is 4.49. The van der Waals surface area contributed by atoms with Crippen molar-refractivity contribution >= 4 is 44.8 Å². The van der Waals surface area contributed by atoms with Crippen LogP contribution in [0, 0.1) is 0 Å². The molecule has 140 valence electrons. The number of ketones is 1. The van der Waals surface area contributed by atoms with Gasteiger partial charge in [-0.2, -0.15) is 0 Å². The summed E-state index contributed by atoms with van der Waals surface area (Å²) in [4.78, 5) is 36.6. The lowest BCUT2D eigenvalue weighted by Crippen LogP contribution is -2.09. The standard InChI is InChI=1S/C22H16O5S/c23-17(19-6-3-11-28-19)8-10-20(24)26-13-15-12-21(25)27-18-9-7-14-4-1-2-5-16(14)22(15)18/h1-7,9,11-12H,8,10,13H2. The first-order valence-electron chi connectivity index (χ1n) is 8.78. The number of thiophene rings is 1. The number of fused-ring (bicyclic) bond motifs is 3. The molecule has 0 aliphatic heterocycles. The molecule has 4 aromatic rings. The second-order valence-electron chi connectivity index (χ2n) is 6.31. The molecule has 2 aromatic heterocycles. The van der Waals surface area contributed by atoms with Crippen LogP contribution in [-0.4, -0.2) is 11.8 Å². The number of carbonyl (C=O) groups is 2. The van der Waals surface area contributed by atoms with E-state index in [9.17, 15) is 14.4 Å². The molecule has 0 aliphatic rings. The van der Waals surface area contributed by atoms with Gasteiger partial charge >= 0.3 is 11.6 Å². The van der Waals surface area contributed by atoms with Gasteiger partial charge in [0, 0.05) is 23.4 Å². The molecule has 4 rings (SSSR count). The Morgan fingerprint density at radius 1 is 1.00 bits per heavy atom. The van der Waals surface area contributed by atoms with E-state index >= 15 is 0 Å². The van der Waals surface area contributed by atoms with Gasteiger partial charge in [0.2, 0.25) is 0 Å². The first-order valence-corrected chi connectivity index (χ1v) is 9.66. The van der Waals surface area contributed by atoms with E-state index in [-0.39, 0.29) is 25.2 Å². The minimum Gasteiger partial charge on any atom is -0.461 e. The highest BCUT2D eigenvalue weighted by atomic mass is 32.1. The minimum atomic E-state index is -0.498. The van der Waals surface area contributed by atoms with Gasteiger partial charge < -0.3 is 9.15 Å². The monoisotopic (exact) mass is 392 g/mol. The first kappa shape index (κ1) is 18.1. The Morgan fingerprint density at radius 3 is 2.68 bits per heavy atom. The molecule has 0 saturated carbocycles. The third kappa shape index (κ3) is 3.73. The summed E-state index contributed by atoms with van der Waals surface area (Å²) in [5.74, 6) is -0.560. The van der Waals surface area contributed by atoms with Crippen molar-refractivity contribution in [1.29, 1.82) is 0 Å². The molecule has 0 fully saturated rings. The number of hydrogen-bond donors (Lipinski definition) is 0. The van der Waals surface area contributed by atoms with Gasteiger partial charge in [0.15, 0.2) is 5.78 Å². The van der Waals surface area contributed by atoms with Crippen LogP contribution in [0.25, 0.3) is 21.7 Å². The van der Waals surface area contributed by atoms with Crippen molar-refractivity contribution in [2.45, 2.75) is 19.4 Å². The molecule has 6 heteroatoms. The summed E-state index contributed by atoms with van der Waals surface area (Å²) >= 11 is 1.35. The van der Waals surface area contributed by atoms with E-state index in [0.29, 0.717) is 16.0 Å². The number of hydrogen-bond acceptors (Lipinski definition) is 6. The van der Waals surface area contributed by atoms with Crippen molar-refractivity contribution in [2.24, 2.45) is 0 Å². The predicted molar refractivity (Wildman–Crippen MR) is 108 cm³/mol. The summed E-state index contributed by atoms with van der Waals surface area (Å²) in [7, 11) is 0. The molecule has 0 amide bonds. The van der Waals surface area contributed by atoms with Crippen molar-refractivity contribution in [3.63, 3.8) is 0 Å². The minimum absolute atomic E-state index is 0.00312. The quantitative estimate of drug-likeness (QED) is 0.206. The molecule has 0 N–H and O–H groups in total. The van der Waals surface area contributed by atoms with E-state index in [1.807, 2.05) is 35.7 Å². The van der Waals surface area contributed by atoms with Gasteiger partial charge in [0.25, 0.3) is 0 Å². The Morgan fingerprint density at radius 2 is 1.86 bits per heavy atom. The molecule has 5 nitrogen and oxygen atoms in total. The Balaban J connectivity index is 1.53. The van der Waals surface area contributed by atoms with Gasteiger partial charge in [0.05, 0.1) is 11.3 Å². The predicted octanol–water partition coefficient (Wildman–Crippen LogP) is 4.71. The van der Waals surface area contributed by atoms with Crippen LogP contribution in [0.4, 0.5) is 0 Å². The van der Waals surface area contributed by atoms with Gasteiger partial charge in [-0.15, -0.1) is 11.3 Å². The smallest absolute Gasteiger partial charge is 0.336 e. The molecule has 0 unspecified atom stereocenters. The van der Waals surface area contributed by atoms with Crippen LogP contribution in [-0.2, 0) is 16.1 Å². The highest BCUT2D eigenvalue weighted by Gasteiger charge is 2.14. The summed E-state index contributed by atoms with van der Waals surface area (Å²) < 4.78 is 10.6. The summed E-state index contributed by atoms with van der Waals surface area (Å²) in [6.45, 7) is -0.0534. The van der Waals surface area contributed by atoms with E-state index in [0.717, 1.165) is 16.2 Å². The molecule has 0 radical (unpaired) electrons. The van der Waals surface area contributed by atoms with Gasteiger partial charge in [-0.1, -0.05) is 36.4 Å². The first-order chi connectivity index (χ1) is 13.6. The van der Waals surface area contributed by atoms with Crippen molar-refractivity contribution in [2.75, 3.05) is 0 Å². The van der Waals surface area contributed by atoms with Crippen LogP contribution in [0.5, 0.6) is 0 Å². The fourth-order valence-corrected chi connectivity index (χ4v) is 3.83. The fraction of sp³-hybridized carbons (Fsp3) is 0.136. The van der Waals surface area contributed by atoms with Gasteiger partial charge in [-0.25, -0.2) is 4.79 Å². The average molecular weight is 392 g/mol. The SMILES string of the molecule is O=C(CCC(=O)c1cccs1)OCc1cc(=O)oc2ccc3ccccc3c12. The zero-order valence-electron chi connectivity index (χ0n) is 14.8. The molecule has 2 aromatic carbocycles. The molecule has 2 heterocycles. The summed E-state index contributed by atoms with van der Waals surface area (Å²) in [6, 6.07) is 16.2. The third-order valence-electron chi connectivity index (χ3n) is 4.46. The third-order valence-corrected chi connectivity index (χ3v) is 5.37. The number of ether oxygens (including phenoxy) is 1. The number of esters is 1. The number of benzene rings is 2. The molecule has 0 spiro atoms. The molecule has 28 heavy (non-hydrogen) atoms. The maximum absolute atomic E-state index is 12.1. The molecule has 0 aliphatic carbocycles. The van der Waals surface area contributed by atoms with Crippen LogP contribution in [0.1, 0.15) is 28.1 Å². The lowest BCUT2D eigenvalue weighted by molar-refractivity contribution is -0.144. The number of rotatable bonds is 6. The van der Waals surface area contributed by atoms with Crippen LogP contribution in [0.15, 0.2) is 69.2 Å². The largest absolute Gasteiger partial charge is 0.461 e. The lowest BCUT2D eigenvalue weighted by atomic mass is 10.0. The van der Waals surface area contributed by atoms with Crippen molar-refractivity contribution in [1.82, 2.24) is 0 Å². The highest BCUT2D eigenvalue weighted by Crippen LogP contribution is 2.27. The van der Waals surface area contributed by atoms with Crippen molar-refractivity contribution < 1.29 is 18.7 Å². The maximum atomic E-state index is 12.1. The number of Topliss-reactive ketones (excluding diaryl/α,β-unsaturated/α-hetero) is 1. The van der Waals surface area contributed by atoms with Gasteiger partial charge in [-0.3, -0.25) is 9.59 Å². The summed E-state index contributed by atoms with van der Waals surface area (Å²) in [6.07, 6.45) is 0.0941. The Bertz CT molecular complexity index is 1220. The Kier molecular flexibility index (Phi) is 5.04. The highest BCUT2D eigenvalue weighted by molar-refractivity contribution is 7.12. The van der Waals surface area contributed by atoms with Gasteiger partial charge in [0.1, 0.15) is 12.2 Å².